The Balaban J connectivity index is 2.37. The number of nitrogens with zero attached hydrogens (tertiary/aromatic N) is 1. The van der Waals surface area contributed by atoms with Crippen molar-refractivity contribution >= 4 is 5.91 Å². The fraction of sp³-hybridized carbons (Fsp3) is 0.571. The van der Waals surface area contributed by atoms with Crippen LogP contribution < -0.4 is 0 Å². The quantitative estimate of drug-likeness (QED) is 0.515. The van der Waals surface area contributed by atoms with E-state index in [1.54, 1.807) is 6.07 Å². The standard InChI is InChI=1S/C21H31NO2/c1-4-6-9-15-21(14-5-2)16-10-13-20(24)22(21)17(3)18-11-7-8-12-19(18)23/h5,7-8,11-12,17,23H,2,4,6,9-10,13-16H2,1,3H3/t17-,21-/m1/s1. The number of likely N-dealkylation sites (tertiary alicyclic amines) is 1. The van der Waals surface area contributed by atoms with Crippen LogP contribution in [0.1, 0.15) is 76.8 Å². The lowest BCUT2D eigenvalue weighted by molar-refractivity contribution is -0.146. The molecule has 0 aliphatic carbocycles. The first kappa shape index (κ1) is 18.6. The van der Waals surface area contributed by atoms with Gasteiger partial charge in [-0.2, -0.15) is 0 Å². The van der Waals surface area contributed by atoms with Crippen LogP contribution in [0.5, 0.6) is 5.75 Å². The molecule has 0 saturated carbocycles. The maximum atomic E-state index is 12.9. The minimum Gasteiger partial charge on any atom is -0.508 e. The third-order valence-corrected chi connectivity index (χ3v) is 5.36. The number of rotatable bonds is 8. The van der Waals surface area contributed by atoms with E-state index in [2.05, 4.69) is 18.4 Å². The van der Waals surface area contributed by atoms with E-state index in [-0.39, 0.29) is 23.2 Å². The number of carbonyl (C=O) groups is 1. The summed E-state index contributed by atoms with van der Waals surface area (Å²) in [7, 11) is 0. The molecular weight excluding hydrogens is 298 g/mol. The Morgan fingerprint density at radius 2 is 2.12 bits per heavy atom. The molecule has 0 bridgehead atoms. The van der Waals surface area contributed by atoms with E-state index in [9.17, 15) is 9.90 Å². The van der Waals surface area contributed by atoms with Gasteiger partial charge in [-0.25, -0.2) is 0 Å². The van der Waals surface area contributed by atoms with E-state index < -0.39 is 0 Å². The van der Waals surface area contributed by atoms with Gasteiger partial charge in [0, 0.05) is 17.5 Å². The number of phenols is 1. The summed E-state index contributed by atoms with van der Waals surface area (Å²) in [5.74, 6) is 0.472. The number of piperidine rings is 1. The van der Waals surface area contributed by atoms with Crippen LogP contribution in [0.15, 0.2) is 36.9 Å². The molecule has 24 heavy (non-hydrogen) atoms. The highest BCUT2D eigenvalue weighted by molar-refractivity contribution is 5.78. The highest BCUT2D eigenvalue weighted by atomic mass is 16.3. The molecule has 1 amide bonds. The molecule has 3 nitrogen and oxygen atoms in total. The number of para-hydroxylation sites is 1. The van der Waals surface area contributed by atoms with Crippen LogP contribution in [0.4, 0.5) is 0 Å². The van der Waals surface area contributed by atoms with E-state index in [0.29, 0.717) is 6.42 Å². The number of phenolic OH excluding ortho intramolecular Hbond substituents is 1. The Labute approximate surface area is 146 Å². The number of aromatic hydroxyl groups is 1. The molecular formula is C21H31NO2. The molecule has 0 aromatic heterocycles. The zero-order valence-electron chi connectivity index (χ0n) is 15.1. The number of benzene rings is 1. The summed E-state index contributed by atoms with van der Waals surface area (Å²) in [6.45, 7) is 8.19. The van der Waals surface area contributed by atoms with Crippen molar-refractivity contribution in [3.8, 4) is 5.75 Å². The van der Waals surface area contributed by atoms with E-state index in [1.807, 2.05) is 31.2 Å². The molecule has 2 rings (SSSR count). The van der Waals surface area contributed by atoms with Crippen molar-refractivity contribution in [1.29, 1.82) is 0 Å². The largest absolute Gasteiger partial charge is 0.508 e. The molecule has 1 aliphatic rings. The van der Waals surface area contributed by atoms with E-state index >= 15 is 0 Å². The summed E-state index contributed by atoms with van der Waals surface area (Å²) in [6, 6.07) is 7.24. The average Bonchev–Trinajstić information content (AvgIpc) is 2.55. The predicted molar refractivity (Wildman–Crippen MR) is 98.9 cm³/mol. The third-order valence-electron chi connectivity index (χ3n) is 5.36. The Bertz CT molecular complexity index is 569. The fourth-order valence-corrected chi connectivity index (χ4v) is 4.20. The smallest absolute Gasteiger partial charge is 0.223 e. The van der Waals surface area contributed by atoms with Crippen LogP contribution in [0.3, 0.4) is 0 Å². The molecule has 1 fully saturated rings. The van der Waals surface area contributed by atoms with Gasteiger partial charge in [-0.3, -0.25) is 4.79 Å². The molecule has 1 aromatic rings. The lowest BCUT2D eigenvalue weighted by atomic mass is 9.77. The Morgan fingerprint density at radius 3 is 2.79 bits per heavy atom. The number of carbonyl (C=O) groups excluding carboxylic acids is 1. The van der Waals surface area contributed by atoms with Crippen LogP contribution in [-0.4, -0.2) is 21.5 Å². The summed E-state index contributed by atoms with van der Waals surface area (Å²) in [5.41, 5.74) is 0.671. The molecule has 1 saturated heterocycles. The topological polar surface area (TPSA) is 40.5 Å². The normalized spacial score (nSPS) is 22.4. The molecule has 0 radical (unpaired) electrons. The van der Waals surface area contributed by atoms with E-state index in [4.69, 9.17) is 0 Å². The Hall–Kier alpha value is -1.77. The number of hydrogen-bond acceptors (Lipinski definition) is 2. The molecule has 0 unspecified atom stereocenters. The summed E-state index contributed by atoms with van der Waals surface area (Å²) in [6.07, 6.45) is 9.84. The molecule has 1 heterocycles. The molecule has 3 heteroatoms. The molecule has 0 spiro atoms. The van der Waals surface area contributed by atoms with Gasteiger partial charge in [-0.05, 0) is 38.7 Å². The first-order chi connectivity index (χ1) is 11.6. The average molecular weight is 329 g/mol. The number of amides is 1. The van der Waals surface area contributed by atoms with Gasteiger partial charge in [-0.1, -0.05) is 50.5 Å². The van der Waals surface area contributed by atoms with Crippen LogP contribution in [0.2, 0.25) is 0 Å². The molecule has 132 valence electrons. The van der Waals surface area contributed by atoms with Crippen molar-refractivity contribution in [2.24, 2.45) is 0 Å². The molecule has 1 N–H and O–H groups in total. The van der Waals surface area contributed by atoms with Crippen LogP contribution in [-0.2, 0) is 4.79 Å². The minimum absolute atomic E-state index is 0.124. The lowest BCUT2D eigenvalue weighted by Gasteiger charge is -2.50. The van der Waals surface area contributed by atoms with Gasteiger partial charge >= 0.3 is 0 Å². The van der Waals surface area contributed by atoms with Crippen molar-refractivity contribution < 1.29 is 9.90 Å². The summed E-state index contributed by atoms with van der Waals surface area (Å²) in [4.78, 5) is 14.9. The van der Waals surface area contributed by atoms with Crippen molar-refractivity contribution in [2.45, 2.75) is 76.8 Å². The van der Waals surface area contributed by atoms with Gasteiger partial charge in [0.1, 0.15) is 5.75 Å². The van der Waals surface area contributed by atoms with Gasteiger partial charge in [-0.15, -0.1) is 6.58 Å². The Kier molecular flexibility index (Phi) is 6.47. The predicted octanol–water partition coefficient (Wildman–Crippen LogP) is 5.36. The summed E-state index contributed by atoms with van der Waals surface area (Å²) < 4.78 is 0. The van der Waals surface area contributed by atoms with Crippen LogP contribution in [0, 0.1) is 0 Å². The maximum absolute atomic E-state index is 12.9. The molecule has 2 atom stereocenters. The monoisotopic (exact) mass is 329 g/mol. The van der Waals surface area contributed by atoms with Gasteiger partial charge in [0.05, 0.1) is 6.04 Å². The zero-order valence-corrected chi connectivity index (χ0v) is 15.1. The van der Waals surface area contributed by atoms with Gasteiger partial charge in [0.15, 0.2) is 0 Å². The van der Waals surface area contributed by atoms with Crippen molar-refractivity contribution in [3.05, 3.63) is 42.5 Å². The summed E-state index contributed by atoms with van der Waals surface area (Å²) in [5, 5.41) is 10.3. The highest BCUT2D eigenvalue weighted by Gasteiger charge is 2.43. The zero-order chi connectivity index (χ0) is 17.6. The van der Waals surface area contributed by atoms with Gasteiger partial charge < -0.3 is 10.0 Å². The maximum Gasteiger partial charge on any atom is 0.223 e. The molecule has 1 aliphatic heterocycles. The van der Waals surface area contributed by atoms with E-state index in [0.717, 1.165) is 37.7 Å². The van der Waals surface area contributed by atoms with Crippen molar-refractivity contribution in [2.75, 3.05) is 0 Å². The van der Waals surface area contributed by atoms with Crippen molar-refractivity contribution in [3.63, 3.8) is 0 Å². The van der Waals surface area contributed by atoms with E-state index in [1.165, 1.54) is 12.8 Å². The Morgan fingerprint density at radius 1 is 1.38 bits per heavy atom. The highest BCUT2D eigenvalue weighted by Crippen LogP contribution is 2.43. The van der Waals surface area contributed by atoms with Crippen LogP contribution in [0.25, 0.3) is 0 Å². The minimum atomic E-state index is -0.159. The number of hydrogen-bond donors (Lipinski definition) is 1. The van der Waals surface area contributed by atoms with Crippen molar-refractivity contribution in [1.82, 2.24) is 4.90 Å². The first-order valence-corrected chi connectivity index (χ1v) is 9.26. The fourth-order valence-electron chi connectivity index (χ4n) is 4.20. The van der Waals surface area contributed by atoms with Crippen LogP contribution >= 0.6 is 0 Å². The lowest BCUT2D eigenvalue weighted by Crippen LogP contribution is -2.55. The first-order valence-electron chi connectivity index (χ1n) is 9.26. The number of unbranched alkanes of at least 4 members (excludes halogenated alkanes) is 2. The SMILES string of the molecule is C=CC[C@@]1(CCCCC)CCCC(=O)N1[C@H](C)c1ccccc1O. The van der Waals surface area contributed by atoms with Gasteiger partial charge in [0.2, 0.25) is 5.91 Å². The molecule has 1 aromatic carbocycles. The summed E-state index contributed by atoms with van der Waals surface area (Å²) >= 11 is 0. The second kappa shape index (κ2) is 8.36. The third kappa shape index (κ3) is 3.82. The second-order valence-corrected chi connectivity index (χ2v) is 7.03. The second-order valence-electron chi connectivity index (χ2n) is 7.03. The van der Waals surface area contributed by atoms with Gasteiger partial charge in [0.25, 0.3) is 0 Å².